The van der Waals surface area contributed by atoms with Crippen LogP contribution in [0.1, 0.15) is 47.6 Å². The van der Waals surface area contributed by atoms with E-state index in [1.165, 1.54) is 35.1 Å². The Morgan fingerprint density at radius 2 is 2.05 bits per heavy atom. The molecule has 0 bridgehead atoms. The lowest BCUT2D eigenvalue weighted by Crippen LogP contribution is -2.20. The van der Waals surface area contributed by atoms with Crippen LogP contribution in [-0.2, 0) is 17.6 Å². The van der Waals surface area contributed by atoms with Crippen LogP contribution in [0.15, 0.2) is 6.07 Å². The number of benzene rings is 1. The van der Waals surface area contributed by atoms with Gasteiger partial charge in [-0.05, 0) is 61.8 Å². The molecule has 1 aromatic rings. The Balaban J connectivity index is 2.03. The summed E-state index contributed by atoms with van der Waals surface area (Å²) in [4.78, 5) is 11.2. The standard InChI is InChI=1S/C17H23NO3/c1-10-7-15(21-2)16(13-6-4-3-5-12(10)13)14-8-11(9-18-14)17(19)20/h7,11,14,18H,3-6,8-9H2,1-2H3,(H,19,20). The van der Waals surface area contributed by atoms with Crippen LogP contribution >= 0.6 is 0 Å². The molecule has 114 valence electrons. The van der Waals surface area contributed by atoms with Gasteiger partial charge in [0.25, 0.3) is 0 Å². The third kappa shape index (κ3) is 2.53. The molecule has 2 unspecified atom stereocenters. The summed E-state index contributed by atoms with van der Waals surface area (Å²) in [6.45, 7) is 2.70. The van der Waals surface area contributed by atoms with E-state index >= 15 is 0 Å². The predicted molar refractivity (Wildman–Crippen MR) is 80.9 cm³/mol. The largest absolute Gasteiger partial charge is 0.496 e. The fourth-order valence-corrected chi connectivity index (χ4v) is 3.84. The average molecular weight is 289 g/mol. The second kappa shape index (κ2) is 5.68. The van der Waals surface area contributed by atoms with Crippen molar-refractivity contribution in [2.75, 3.05) is 13.7 Å². The summed E-state index contributed by atoms with van der Waals surface area (Å²) in [6, 6.07) is 2.23. The van der Waals surface area contributed by atoms with Crippen LogP contribution in [0.3, 0.4) is 0 Å². The number of rotatable bonds is 3. The molecular formula is C17H23NO3. The molecule has 1 aromatic carbocycles. The van der Waals surface area contributed by atoms with Gasteiger partial charge in [0.15, 0.2) is 0 Å². The summed E-state index contributed by atoms with van der Waals surface area (Å²) in [5.74, 6) is -0.0816. The summed E-state index contributed by atoms with van der Waals surface area (Å²) >= 11 is 0. The Morgan fingerprint density at radius 1 is 1.33 bits per heavy atom. The minimum atomic E-state index is -0.704. The van der Waals surface area contributed by atoms with Gasteiger partial charge in [-0.1, -0.05) is 0 Å². The van der Waals surface area contributed by atoms with Gasteiger partial charge in [-0.2, -0.15) is 0 Å². The van der Waals surface area contributed by atoms with Gasteiger partial charge in [-0.15, -0.1) is 0 Å². The third-order valence-electron chi connectivity index (χ3n) is 4.93. The number of nitrogens with one attached hydrogen (secondary N) is 1. The van der Waals surface area contributed by atoms with E-state index in [2.05, 4.69) is 18.3 Å². The van der Waals surface area contributed by atoms with Crippen molar-refractivity contribution in [1.29, 1.82) is 0 Å². The Morgan fingerprint density at radius 3 is 2.67 bits per heavy atom. The van der Waals surface area contributed by atoms with Crippen molar-refractivity contribution >= 4 is 5.97 Å². The van der Waals surface area contributed by atoms with Crippen LogP contribution in [0.4, 0.5) is 0 Å². The van der Waals surface area contributed by atoms with Gasteiger partial charge >= 0.3 is 5.97 Å². The SMILES string of the molecule is COc1cc(C)c2c(c1C1CC(C(=O)O)CN1)CCCC2. The van der Waals surface area contributed by atoms with E-state index in [9.17, 15) is 9.90 Å². The number of fused-ring (bicyclic) bond motifs is 1. The van der Waals surface area contributed by atoms with Gasteiger partial charge in [0.2, 0.25) is 0 Å². The first-order valence-electron chi connectivity index (χ1n) is 7.77. The molecule has 4 heteroatoms. The first-order chi connectivity index (χ1) is 10.1. The zero-order valence-electron chi connectivity index (χ0n) is 12.7. The predicted octanol–water partition coefficient (Wildman–Crippen LogP) is 2.62. The Bertz CT molecular complexity index is 568. The molecule has 0 saturated carbocycles. The Labute approximate surface area is 125 Å². The number of carbonyl (C=O) groups is 1. The highest BCUT2D eigenvalue weighted by atomic mass is 16.5. The number of hydrogen-bond acceptors (Lipinski definition) is 3. The van der Waals surface area contributed by atoms with E-state index in [-0.39, 0.29) is 12.0 Å². The Kier molecular flexibility index (Phi) is 3.89. The van der Waals surface area contributed by atoms with Gasteiger partial charge in [-0.3, -0.25) is 4.79 Å². The number of carboxylic acids is 1. The summed E-state index contributed by atoms with van der Waals surface area (Å²) in [5, 5.41) is 12.6. The van der Waals surface area contributed by atoms with E-state index in [0.717, 1.165) is 18.6 Å². The van der Waals surface area contributed by atoms with Crippen molar-refractivity contribution in [3.8, 4) is 5.75 Å². The normalized spacial score (nSPS) is 24.7. The zero-order chi connectivity index (χ0) is 15.0. The third-order valence-corrected chi connectivity index (χ3v) is 4.93. The van der Waals surface area contributed by atoms with Crippen LogP contribution < -0.4 is 10.1 Å². The number of aliphatic carboxylic acids is 1. The van der Waals surface area contributed by atoms with Gasteiger partial charge in [0.1, 0.15) is 5.75 Å². The molecule has 3 rings (SSSR count). The van der Waals surface area contributed by atoms with Crippen LogP contribution in [0.25, 0.3) is 0 Å². The van der Waals surface area contributed by atoms with Crippen LogP contribution in [0.5, 0.6) is 5.75 Å². The summed E-state index contributed by atoms with van der Waals surface area (Å²) < 4.78 is 5.61. The molecule has 21 heavy (non-hydrogen) atoms. The van der Waals surface area contributed by atoms with Gasteiger partial charge < -0.3 is 15.2 Å². The molecule has 1 aliphatic carbocycles. The number of carboxylic acid groups (broad SMARTS) is 1. The minimum Gasteiger partial charge on any atom is -0.496 e. The lowest BCUT2D eigenvalue weighted by atomic mass is 9.82. The summed E-state index contributed by atoms with van der Waals surface area (Å²) in [6.07, 6.45) is 5.32. The van der Waals surface area contributed by atoms with Crippen LogP contribution in [0, 0.1) is 12.8 Å². The molecule has 0 aromatic heterocycles. The quantitative estimate of drug-likeness (QED) is 0.898. The van der Waals surface area contributed by atoms with Crippen LogP contribution in [-0.4, -0.2) is 24.7 Å². The molecule has 1 heterocycles. The van der Waals surface area contributed by atoms with Crippen molar-refractivity contribution in [2.45, 2.75) is 45.1 Å². The fraction of sp³-hybridized carbons (Fsp3) is 0.588. The second-order valence-corrected chi connectivity index (χ2v) is 6.21. The maximum atomic E-state index is 11.2. The maximum Gasteiger partial charge on any atom is 0.307 e. The molecule has 4 nitrogen and oxygen atoms in total. The summed E-state index contributed by atoms with van der Waals surface area (Å²) in [7, 11) is 1.71. The lowest BCUT2D eigenvalue weighted by molar-refractivity contribution is -0.141. The highest BCUT2D eigenvalue weighted by molar-refractivity contribution is 5.71. The molecule has 0 amide bonds. The number of aryl methyl sites for hydroxylation is 1. The number of methoxy groups -OCH3 is 1. The van der Waals surface area contributed by atoms with Crippen molar-refractivity contribution < 1.29 is 14.6 Å². The molecule has 2 N–H and O–H groups in total. The van der Waals surface area contributed by atoms with E-state index in [1.54, 1.807) is 7.11 Å². The van der Waals surface area contributed by atoms with E-state index in [4.69, 9.17) is 4.74 Å². The molecule has 1 saturated heterocycles. The molecule has 2 atom stereocenters. The molecule has 0 spiro atoms. The van der Waals surface area contributed by atoms with Crippen LogP contribution in [0.2, 0.25) is 0 Å². The van der Waals surface area contributed by atoms with Crippen molar-refractivity contribution in [3.05, 3.63) is 28.3 Å². The minimum absolute atomic E-state index is 0.105. The molecule has 0 radical (unpaired) electrons. The van der Waals surface area contributed by atoms with Crippen molar-refractivity contribution in [2.24, 2.45) is 5.92 Å². The molecular weight excluding hydrogens is 266 g/mol. The number of hydrogen-bond donors (Lipinski definition) is 2. The van der Waals surface area contributed by atoms with E-state index in [1.807, 2.05) is 0 Å². The highest BCUT2D eigenvalue weighted by Gasteiger charge is 2.34. The first-order valence-corrected chi connectivity index (χ1v) is 7.77. The molecule has 1 aliphatic heterocycles. The lowest BCUT2D eigenvalue weighted by Gasteiger charge is -2.27. The van der Waals surface area contributed by atoms with Gasteiger partial charge in [0.05, 0.1) is 13.0 Å². The van der Waals surface area contributed by atoms with Gasteiger partial charge in [0, 0.05) is 18.2 Å². The topological polar surface area (TPSA) is 58.6 Å². The highest BCUT2D eigenvalue weighted by Crippen LogP contribution is 2.41. The monoisotopic (exact) mass is 289 g/mol. The Hall–Kier alpha value is -1.55. The molecule has 1 fully saturated rings. The fourth-order valence-electron chi connectivity index (χ4n) is 3.84. The number of ether oxygens (including phenoxy) is 1. The zero-order valence-corrected chi connectivity index (χ0v) is 12.7. The second-order valence-electron chi connectivity index (χ2n) is 6.21. The molecule has 2 aliphatic rings. The maximum absolute atomic E-state index is 11.2. The van der Waals surface area contributed by atoms with E-state index in [0.29, 0.717) is 13.0 Å². The van der Waals surface area contributed by atoms with Gasteiger partial charge in [-0.25, -0.2) is 0 Å². The smallest absolute Gasteiger partial charge is 0.307 e. The van der Waals surface area contributed by atoms with Crippen molar-refractivity contribution in [1.82, 2.24) is 5.32 Å². The average Bonchev–Trinajstić information content (AvgIpc) is 2.96. The first kappa shape index (κ1) is 14.4. The van der Waals surface area contributed by atoms with Crippen molar-refractivity contribution in [3.63, 3.8) is 0 Å². The van der Waals surface area contributed by atoms with E-state index < -0.39 is 5.97 Å². The summed E-state index contributed by atoms with van der Waals surface area (Å²) in [5.41, 5.74) is 5.37.